The molecule has 1 aromatic heterocycles. The molecule has 4 heteroatoms. The van der Waals surface area contributed by atoms with E-state index in [0.29, 0.717) is 18.2 Å². The first-order valence-corrected chi connectivity index (χ1v) is 7.00. The highest BCUT2D eigenvalue weighted by atomic mass is 32.1. The van der Waals surface area contributed by atoms with Gasteiger partial charge in [-0.25, -0.2) is 0 Å². The van der Waals surface area contributed by atoms with E-state index in [1.54, 1.807) is 0 Å². The normalized spacial score (nSPS) is 30.4. The van der Waals surface area contributed by atoms with Gasteiger partial charge in [-0.1, -0.05) is 12.1 Å². The van der Waals surface area contributed by atoms with Gasteiger partial charge in [-0.05, 0) is 50.0 Å². The maximum absolute atomic E-state index is 5.97. The van der Waals surface area contributed by atoms with E-state index in [9.17, 15) is 0 Å². The fourth-order valence-electron chi connectivity index (χ4n) is 3.56. The summed E-state index contributed by atoms with van der Waals surface area (Å²) in [7, 11) is 0. The molecule has 3 nitrogen and oxygen atoms in total. The second kappa shape index (κ2) is 3.68. The van der Waals surface area contributed by atoms with Gasteiger partial charge in [-0.15, -0.1) is 0 Å². The first-order valence-electron chi connectivity index (χ1n) is 6.59. The van der Waals surface area contributed by atoms with Gasteiger partial charge in [-0.2, -0.15) is 0 Å². The Morgan fingerprint density at radius 1 is 1.39 bits per heavy atom. The third-order valence-electron chi connectivity index (χ3n) is 4.34. The molecule has 1 N–H and O–H groups in total. The van der Waals surface area contributed by atoms with Crippen molar-refractivity contribution >= 4 is 23.3 Å². The van der Waals surface area contributed by atoms with Crippen LogP contribution in [0.25, 0.3) is 11.0 Å². The molecule has 2 aromatic rings. The molecule has 2 aliphatic rings. The molecule has 3 atom stereocenters. The van der Waals surface area contributed by atoms with Crippen LogP contribution in [0.15, 0.2) is 18.2 Å². The van der Waals surface area contributed by atoms with Crippen LogP contribution in [-0.2, 0) is 4.74 Å². The number of para-hydroxylation sites is 1. The molecule has 1 aromatic carbocycles. The molecule has 18 heavy (non-hydrogen) atoms. The lowest BCUT2D eigenvalue weighted by atomic mass is 9.95. The number of aromatic nitrogens is 2. The number of nitrogens with one attached hydrogen (secondary N) is 1. The molecule has 2 bridgehead atoms. The molecular formula is C14H16N2OS. The first kappa shape index (κ1) is 10.8. The Labute approximate surface area is 111 Å². The lowest BCUT2D eigenvalue weighted by Gasteiger charge is -2.21. The standard InChI is InChI=1S/C14H16N2OS/c1-8-3-2-4-10-13(8)16(14(18)15-10)11-7-9-5-6-12(11)17-9/h2-4,9,11-12H,5-7H2,1H3,(H,15,18). The maximum atomic E-state index is 5.97. The number of hydrogen-bond donors (Lipinski definition) is 1. The van der Waals surface area contributed by atoms with Gasteiger partial charge in [0.2, 0.25) is 0 Å². The summed E-state index contributed by atoms with van der Waals surface area (Å²) < 4.78 is 9.10. The molecule has 0 spiro atoms. The monoisotopic (exact) mass is 260 g/mol. The third kappa shape index (κ3) is 1.36. The Kier molecular flexibility index (Phi) is 2.20. The van der Waals surface area contributed by atoms with Gasteiger partial charge >= 0.3 is 0 Å². The second-order valence-corrected chi connectivity index (χ2v) is 5.83. The average molecular weight is 260 g/mol. The predicted molar refractivity (Wildman–Crippen MR) is 73.4 cm³/mol. The van der Waals surface area contributed by atoms with Crippen LogP contribution in [0.1, 0.15) is 30.9 Å². The molecule has 3 heterocycles. The fourth-order valence-corrected chi connectivity index (χ4v) is 3.89. The van der Waals surface area contributed by atoms with Gasteiger partial charge in [-0.3, -0.25) is 0 Å². The van der Waals surface area contributed by atoms with Gasteiger partial charge in [0.25, 0.3) is 0 Å². The Balaban J connectivity index is 1.95. The topological polar surface area (TPSA) is 29.9 Å². The van der Waals surface area contributed by atoms with Crippen LogP contribution in [0.3, 0.4) is 0 Å². The minimum absolute atomic E-state index is 0.361. The van der Waals surface area contributed by atoms with Crippen LogP contribution in [0.4, 0.5) is 0 Å². The molecule has 4 rings (SSSR count). The maximum Gasteiger partial charge on any atom is 0.178 e. The SMILES string of the molecule is Cc1cccc2[nH]c(=S)n(C3CC4CCC3O4)c12. The molecule has 3 unspecified atom stereocenters. The number of aromatic amines is 1. The summed E-state index contributed by atoms with van der Waals surface area (Å²) >= 11 is 5.52. The van der Waals surface area contributed by atoms with E-state index in [2.05, 4.69) is 34.7 Å². The number of ether oxygens (including phenoxy) is 1. The van der Waals surface area contributed by atoms with Crippen molar-refractivity contribution in [3.05, 3.63) is 28.5 Å². The van der Waals surface area contributed by atoms with E-state index >= 15 is 0 Å². The lowest BCUT2D eigenvalue weighted by Crippen LogP contribution is -2.21. The Morgan fingerprint density at radius 3 is 3.00 bits per heavy atom. The number of H-pyrrole nitrogens is 1. The minimum atomic E-state index is 0.361. The lowest BCUT2D eigenvalue weighted by molar-refractivity contribution is 0.0941. The van der Waals surface area contributed by atoms with Crippen LogP contribution in [-0.4, -0.2) is 21.8 Å². The van der Waals surface area contributed by atoms with Crippen molar-refractivity contribution in [1.82, 2.24) is 9.55 Å². The summed E-state index contributed by atoms with van der Waals surface area (Å²) in [5, 5.41) is 0. The summed E-state index contributed by atoms with van der Waals surface area (Å²) in [6.45, 7) is 2.15. The highest BCUT2D eigenvalue weighted by Crippen LogP contribution is 2.43. The predicted octanol–water partition coefficient (Wildman–Crippen LogP) is 3.50. The zero-order valence-corrected chi connectivity index (χ0v) is 11.2. The van der Waals surface area contributed by atoms with E-state index in [-0.39, 0.29) is 0 Å². The molecule has 0 radical (unpaired) electrons. The number of hydrogen-bond acceptors (Lipinski definition) is 2. The molecule has 0 saturated carbocycles. The highest BCUT2D eigenvalue weighted by Gasteiger charge is 2.42. The van der Waals surface area contributed by atoms with E-state index in [0.717, 1.165) is 16.7 Å². The van der Waals surface area contributed by atoms with Gasteiger partial charge < -0.3 is 14.3 Å². The van der Waals surface area contributed by atoms with Crippen molar-refractivity contribution in [3.8, 4) is 0 Å². The van der Waals surface area contributed by atoms with Gasteiger partial charge in [0, 0.05) is 0 Å². The van der Waals surface area contributed by atoms with Crippen LogP contribution in [0.5, 0.6) is 0 Å². The van der Waals surface area contributed by atoms with E-state index in [1.807, 2.05) is 0 Å². The van der Waals surface area contributed by atoms with Crippen molar-refractivity contribution in [1.29, 1.82) is 0 Å². The minimum Gasteiger partial charge on any atom is -0.373 e. The summed E-state index contributed by atoms with van der Waals surface area (Å²) in [6.07, 6.45) is 4.32. The quantitative estimate of drug-likeness (QED) is 0.795. The van der Waals surface area contributed by atoms with E-state index in [1.165, 1.54) is 23.9 Å². The number of nitrogens with zero attached hydrogens (tertiary/aromatic N) is 1. The molecule has 2 saturated heterocycles. The van der Waals surface area contributed by atoms with Crippen LogP contribution < -0.4 is 0 Å². The zero-order chi connectivity index (χ0) is 12.3. The third-order valence-corrected chi connectivity index (χ3v) is 4.64. The van der Waals surface area contributed by atoms with Crippen molar-refractivity contribution in [2.24, 2.45) is 0 Å². The van der Waals surface area contributed by atoms with Crippen LogP contribution in [0, 0.1) is 11.7 Å². The van der Waals surface area contributed by atoms with E-state index < -0.39 is 0 Å². The zero-order valence-electron chi connectivity index (χ0n) is 10.3. The smallest absolute Gasteiger partial charge is 0.178 e. The molecule has 94 valence electrons. The number of imidazole rings is 1. The summed E-state index contributed by atoms with van der Waals surface area (Å²) in [5.41, 5.74) is 3.68. The van der Waals surface area contributed by atoms with Gasteiger partial charge in [0.15, 0.2) is 4.77 Å². The van der Waals surface area contributed by atoms with Crippen molar-refractivity contribution in [3.63, 3.8) is 0 Å². The summed E-state index contributed by atoms with van der Waals surface area (Å²) in [4.78, 5) is 3.33. The number of rotatable bonds is 1. The van der Waals surface area contributed by atoms with E-state index in [4.69, 9.17) is 17.0 Å². The molecular weight excluding hydrogens is 244 g/mol. The van der Waals surface area contributed by atoms with Crippen molar-refractivity contribution in [2.75, 3.05) is 0 Å². The largest absolute Gasteiger partial charge is 0.373 e. The second-order valence-electron chi connectivity index (χ2n) is 5.45. The number of aryl methyl sites for hydroxylation is 1. The molecule has 2 aliphatic heterocycles. The average Bonchev–Trinajstić information content (AvgIpc) is 3.01. The Hall–Kier alpha value is -1.13. The first-order chi connectivity index (χ1) is 8.74. The number of benzene rings is 1. The molecule has 0 amide bonds. The summed E-state index contributed by atoms with van der Waals surface area (Å²) in [6, 6.07) is 6.74. The van der Waals surface area contributed by atoms with Crippen molar-refractivity contribution in [2.45, 2.75) is 44.4 Å². The fraction of sp³-hybridized carbons (Fsp3) is 0.500. The van der Waals surface area contributed by atoms with Crippen molar-refractivity contribution < 1.29 is 4.74 Å². The summed E-state index contributed by atoms with van der Waals surface area (Å²) in [5.74, 6) is 0. The van der Waals surface area contributed by atoms with Gasteiger partial charge in [0.05, 0.1) is 29.3 Å². The Morgan fingerprint density at radius 2 is 2.28 bits per heavy atom. The number of fused-ring (bicyclic) bond motifs is 3. The van der Waals surface area contributed by atoms with Gasteiger partial charge in [0.1, 0.15) is 0 Å². The van der Waals surface area contributed by atoms with Crippen LogP contribution in [0.2, 0.25) is 0 Å². The molecule has 0 aliphatic carbocycles. The Bertz CT molecular complexity index is 672. The van der Waals surface area contributed by atoms with Crippen LogP contribution >= 0.6 is 12.2 Å². The highest BCUT2D eigenvalue weighted by molar-refractivity contribution is 7.71. The molecule has 2 fully saturated rings.